The average molecular weight is 195 g/mol. The fourth-order valence-electron chi connectivity index (χ4n) is 1.55. The Morgan fingerprint density at radius 2 is 2.00 bits per heavy atom. The van der Waals surface area contributed by atoms with Gasteiger partial charge in [-0.05, 0) is 25.5 Å². The molecule has 1 aromatic rings. The van der Waals surface area contributed by atoms with Crippen LogP contribution in [0, 0.1) is 5.82 Å². The second-order valence-electron chi connectivity index (χ2n) is 3.44. The molecule has 0 saturated heterocycles. The van der Waals surface area contributed by atoms with Gasteiger partial charge in [0.05, 0.1) is 0 Å². The summed E-state index contributed by atoms with van der Waals surface area (Å²) in [5.41, 5.74) is 0.781. The highest BCUT2D eigenvalue weighted by Crippen LogP contribution is 2.19. The van der Waals surface area contributed by atoms with E-state index in [1.807, 2.05) is 12.1 Å². The fraction of sp³-hybridized carbons (Fsp3) is 0.500. The Bertz CT molecular complexity index is 273. The third kappa shape index (κ3) is 2.81. The summed E-state index contributed by atoms with van der Waals surface area (Å²) in [6.07, 6.45) is 1.99. The van der Waals surface area contributed by atoms with Crippen LogP contribution in [0.4, 0.5) is 4.39 Å². The van der Waals surface area contributed by atoms with E-state index in [9.17, 15) is 4.39 Å². The maximum Gasteiger partial charge on any atom is 0.127 e. The molecule has 78 valence electrons. The Balaban J connectivity index is 2.73. The molecule has 1 N–H and O–H groups in total. The van der Waals surface area contributed by atoms with Crippen molar-refractivity contribution in [2.24, 2.45) is 0 Å². The third-order valence-electron chi connectivity index (χ3n) is 2.33. The van der Waals surface area contributed by atoms with E-state index in [-0.39, 0.29) is 11.9 Å². The molecule has 0 aromatic heterocycles. The van der Waals surface area contributed by atoms with Crippen LogP contribution in [-0.4, -0.2) is 6.54 Å². The van der Waals surface area contributed by atoms with Crippen LogP contribution in [0.25, 0.3) is 0 Å². The summed E-state index contributed by atoms with van der Waals surface area (Å²) < 4.78 is 13.4. The smallest absolute Gasteiger partial charge is 0.127 e. The van der Waals surface area contributed by atoms with Gasteiger partial charge in [-0.1, -0.05) is 32.0 Å². The van der Waals surface area contributed by atoms with Gasteiger partial charge in [0.25, 0.3) is 0 Å². The number of benzene rings is 1. The molecule has 0 heterocycles. The number of nitrogens with one attached hydrogen (secondary N) is 1. The van der Waals surface area contributed by atoms with Crippen molar-refractivity contribution in [1.29, 1.82) is 0 Å². The first-order valence-corrected chi connectivity index (χ1v) is 5.27. The van der Waals surface area contributed by atoms with Gasteiger partial charge in [-0.3, -0.25) is 0 Å². The number of rotatable bonds is 5. The van der Waals surface area contributed by atoms with Gasteiger partial charge in [0.1, 0.15) is 5.82 Å². The molecule has 1 rings (SSSR count). The van der Waals surface area contributed by atoms with E-state index in [2.05, 4.69) is 19.2 Å². The van der Waals surface area contributed by atoms with Crippen molar-refractivity contribution in [1.82, 2.24) is 5.32 Å². The zero-order valence-corrected chi connectivity index (χ0v) is 8.89. The van der Waals surface area contributed by atoms with Crippen LogP contribution in [0.1, 0.15) is 38.3 Å². The van der Waals surface area contributed by atoms with Crippen molar-refractivity contribution in [2.75, 3.05) is 6.54 Å². The summed E-state index contributed by atoms with van der Waals surface area (Å²) in [6.45, 7) is 5.12. The van der Waals surface area contributed by atoms with Gasteiger partial charge in [-0.15, -0.1) is 0 Å². The van der Waals surface area contributed by atoms with Crippen molar-refractivity contribution in [2.45, 2.75) is 32.7 Å². The van der Waals surface area contributed by atoms with Crippen molar-refractivity contribution < 1.29 is 4.39 Å². The van der Waals surface area contributed by atoms with Crippen molar-refractivity contribution in [3.63, 3.8) is 0 Å². The minimum absolute atomic E-state index is 0.108. The number of hydrogen-bond acceptors (Lipinski definition) is 1. The number of hydrogen-bond donors (Lipinski definition) is 1. The molecule has 0 aliphatic heterocycles. The quantitative estimate of drug-likeness (QED) is 0.760. The van der Waals surface area contributed by atoms with Gasteiger partial charge in [0.15, 0.2) is 0 Å². The van der Waals surface area contributed by atoms with Gasteiger partial charge in [0.2, 0.25) is 0 Å². The highest BCUT2D eigenvalue weighted by atomic mass is 19.1. The predicted molar refractivity (Wildman–Crippen MR) is 57.7 cm³/mol. The van der Waals surface area contributed by atoms with Gasteiger partial charge >= 0.3 is 0 Å². The Hall–Kier alpha value is -0.890. The summed E-state index contributed by atoms with van der Waals surface area (Å²) >= 11 is 0. The van der Waals surface area contributed by atoms with E-state index in [1.54, 1.807) is 6.07 Å². The molecule has 0 spiro atoms. The molecule has 0 radical (unpaired) electrons. The van der Waals surface area contributed by atoms with E-state index in [4.69, 9.17) is 0 Å². The highest BCUT2D eigenvalue weighted by molar-refractivity contribution is 5.20. The molecule has 1 atom stereocenters. The predicted octanol–water partition coefficient (Wildman–Crippen LogP) is 3.28. The standard InChI is InChI=1S/C12H18FN/c1-3-9-14-12(4-2)10-7-5-6-8-11(10)13/h5-8,12,14H,3-4,9H2,1-2H3/t12-/m1/s1. The molecular formula is C12H18FN. The van der Waals surface area contributed by atoms with Gasteiger partial charge < -0.3 is 5.32 Å². The molecule has 0 bridgehead atoms. The van der Waals surface area contributed by atoms with Gasteiger partial charge in [-0.2, -0.15) is 0 Å². The molecule has 1 aromatic carbocycles. The van der Waals surface area contributed by atoms with Crippen molar-refractivity contribution >= 4 is 0 Å². The molecule has 1 nitrogen and oxygen atoms in total. The van der Waals surface area contributed by atoms with Crippen LogP contribution < -0.4 is 5.32 Å². The minimum Gasteiger partial charge on any atom is -0.310 e. The maximum atomic E-state index is 13.4. The van der Waals surface area contributed by atoms with Crippen LogP contribution in [0.2, 0.25) is 0 Å². The first kappa shape index (κ1) is 11.2. The minimum atomic E-state index is -0.108. The van der Waals surface area contributed by atoms with Crippen molar-refractivity contribution in [3.05, 3.63) is 35.6 Å². The molecular weight excluding hydrogens is 177 g/mol. The first-order chi connectivity index (χ1) is 6.79. The summed E-state index contributed by atoms with van der Waals surface area (Å²) in [6, 6.07) is 7.13. The Morgan fingerprint density at radius 1 is 1.29 bits per heavy atom. The normalized spacial score (nSPS) is 12.8. The third-order valence-corrected chi connectivity index (χ3v) is 2.33. The Morgan fingerprint density at radius 3 is 2.57 bits per heavy atom. The van der Waals surface area contributed by atoms with E-state index in [0.29, 0.717) is 0 Å². The SMILES string of the molecule is CCCN[C@H](CC)c1ccccc1F. The molecule has 0 aliphatic carbocycles. The lowest BCUT2D eigenvalue weighted by Gasteiger charge is -2.17. The fourth-order valence-corrected chi connectivity index (χ4v) is 1.55. The van der Waals surface area contributed by atoms with Crippen LogP contribution in [0.3, 0.4) is 0 Å². The molecule has 2 heteroatoms. The van der Waals surface area contributed by atoms with Crippen LogP contribution in [0.5, 0.6) is 0 Å². The molecule has 0 amide bonds. The monoisotopic (exact) mass is 195 g/mol. The second-order valence-corrected chi connectivity index (χ2v) is 3.44. The van der Waals surface area contributed by atoms with E-state index in [0.717, 1.165) is 24.9 Å². The first-order valence-electron chi connectivity index (χ1n) is 5.27. The molecule has 0 fully saturated rings. The molecule has 0 unspecified atom stereocenters. The summed E-state index contributed by atoms with van der Waals surface area (Å²) in [5.74, 6) is -0.108. The largest absolute Gasteiger partial charge is 0.310 e. The lowest BCUT2D eigenvalue weighted by molar-refractivity contribution is 0.488. The molecule has 14 heavy (non-hydrogen) atoms. The lowest BCUT2D eigenvalue weighted by atomic mass is 10.0. The van der Waals surface area contributed by atoms with E-state index < -0.39 is 0 Å². The van der Waals surface area contributed by atoms with Crippen LogP contribution in [0.15, 0.2) is 24.3 Å². The van der Waals surface area contributed by atoms with Crippen LogP contribution >= 0.6 is 0 Å². The van der Waals surface area contributed by atoms with Crippen molar-refractivity contribution in [3.8, 4) is 0 Å². The lowest BCUT2D eigenvalue weighted by Crippen LogP contribution is -2.22. The Kier molecular flexibility index (Phi) is 4.60. The molecule has 0 aliphatic rings. The zero-order valence-electron chi connectivity index (χ0n) is 8.89. The second kappa shape index (κ2) is 5.76. The summed E-state index contributed by atoms with van der Waals surface area (Å²) in [7, 11) is 0. The van der Waals surface area contributed by atoms with E-state index in [1.165, 1.54) is 6.07 Å². The maximum absolute atomic E-state index is 13.4. The van der Waals surface area contributed by atoms with Gasteiger partial charge in [-0.25, -0.2) is 4.39 Å². The average Bonchev–Trinajstić information content (AvgIpc) is 2.21. The van der Waals surface area contributed by atoms with E-state index >= 15 is 0 Å². The summed E-state index contributed by atoms with van der Waals surface area (Å²) in [5, 5.41) is 3.34. The number of halogens is 1. The highest BCUT2D eigenvalue weighted by Gasteiger charge is 2.11. The Labute approximate surface area is 85.3 Å². The molecule has 0 saturated carbocycles. The van der Waals surface area contributed by atoms with Gasteiger partial charge in [0, 0.05) is 11.6 Å². The zero-order chi connectivity index (χ0) is 10.4. The topological polar surface area (TPSA) is 12.0 Å². The van der Waals surface area contributed by atoms with Crippen LogP contribution in [-0.2, 0) is 0 Å². The summed E-state index contributed by atoms with van der Waals surface area (Å²) in [4.78, 5) is 0.